The molecule has 30 heavy (non-hydrogen) atoms. The number of nitrogens with zero attached hydrogens (tertiary/aromatic N) is 2. The number of carbonyl (C=O) groups excluding carboxylic acids is 2. The first-order chi connectivity index (χ1) is 14.3. The Hall–Kier alpha value is -2.30. The van der Waals surface area contributed by atoms with Crippen LogP contribution in [0.1, 0.15) is 30.3 Å². The Bertz CT molecular complexity index is 1030. The summed E-state index contributed by atoms with van der Waals surface area (Å²) in [6.07, 6.45) is 2.61. The number of hydrogen-bond acceptors (Lipinski definition) is 6. The number of benzene rings is 1. The Labute approximate surface area is 179 Å². The lowest BCUT2D eigenvalue weighted by molar-refractivity contribution is -0.114. The number of piperidine rings is 1. The molecule has 0 radical (unpaired) electrons. The van der Waals surface area contributed by atoms with Gasteiger partial charge in [-0.3, -0.25) is 9.59 Å². The van der Waals surface area contributed by atoms with Gasteiger partial charge in [-0.1, -0.05) is 0 Å². The van der Waals surface area contributed by atoms with Gasteiger partial charge >= 0.3 is 0 Å². The summed E-state index contributed by atoms with van der Waals surface area (Å²) in [5.74, 6) is 0.778. The van der Waals surface area contributed by atoms with E-state index >= 15 is 0 Å². The maximum absolute atomic E-state index is 13.1. The Kier molecular flexibility index (Phi) is 5.65. The quantitative estimate of drug-likeness (QED) is 0.770. The Balaban J connectivity index is 1.47. The summed E-state index contributed by atoms with van der Waals surface area (Å²) in [5.41, 5.74) is 0.550. The fourth-order valence-electron chi connectivity index (χ4n) is 3.98. The van der Waals surface area contributed by atoms with Crippen LogP contribution in [0.5, 0.6) is 0 Å². The highest BCUT2D eigenvalue weighted by molar-refractivity contribution is 8.00. The Morgan fingerprint density at radius 3 is 2.40 bits per heavy atom. The molecule has 4 rings (SSSR count). The van der Waals surface area contributed by atoms with Crippen molar-refractivity contribution in [1.29, 1.82) is 0 Å². The average molecular weight is 450 g/mol. The van der Waals surface area contributed by atoms with Crippen LogP contribution in [0.2, 0.25) is 0 Å². The van der Waals surface area contributed by atoms with Crippen molar-refractivity contribution < 1.29 is 22.4 Å². The number of nitrogens with one attached hydrogen (secondary N) is 1. The number of hydrogen-bond donors (Lipinski definition) is 1. The number of furan rings is 1. The standard InChI is InChI=1S/C20H23N3O5S2/c1-15(24)21-16-4-6-17(7-5-16)30(26,27)22-10-8-20(9-11-22)23(12-14-29-20)19(25)18-3-2-13-28-18/h2-7,13H,8-12,14H2,1H3,(H,21,24). The van der Waals surface area contributed by atoms with Gasteiger partial charge in [-0.2, -0.15) is 4.31 Å². The second-order valence-electron chi connectivity index (χ2n) is 7.34. The van der Waals surface area contributed by atoms with Gasteiger partial charge in [-0.05, 0) is 49.2 Å². The summed E-state index contributed by atoms with van der Waals surface area (Å²) in [6, 6.07) is 9.51. The van der Waals surface area contributed by atoms with Crippen LogP contribution < -0.4 is 5.32 Å². The molecule has 0 atom stereocenters. The molecule has 1 spiro atoms. The highest BCUT2D eigenvalue weighted by atomic mass is 32.2. The minimum absolute atomic E-state index is 0.144. The van der Waals surface area contributed by atoms with Crippen molar-refractivity contribution in [1.82, 2.24) is 9.21 Å². The van der Waals surface area contributed by atoms with Crippen molar-refractivity contribution in [2.24, 2.45) is 0 Å². The highest BCUT2D eigenvalue weighted by Crippen LogP contribution is 2.45. The molecule has 1 aromatic heterocycles. The van der Waals surface area contributed by atoms with Gasteiger partial charge in [-0.25, -0.2) is 8.42 Å². The molecule has 2 aliphatic rings. The largest absolute Gasteiger partial charge is 0.459 e. The maximum Gasteiger partial charge on any atom is 0.290 e. The zero-order valence-electron chi connectivity index (χ0n) is 16.5. The van der Waals surface area contributed by atoms with E-state index in [0.29, 0.717) is 43.9 Å². The first kappa shape index (κ1) is 21.0. The number of rotatable bonds is 4. The van der Waals surface area contributed by atoms with Gasteiger partial charge in [0.15, 0.2) is 5.76 Å². The highest BCUT2D eigenvalue weighted by Gasteiger charge is 2.48. The van der Waals surface area contributed by atoms with Crippen LogP contribution in [0, 0.1) is 0 Å². The zero-order chi connectivity index (χ0) is 21.4. The van der Waals surface area contributed by atoms with E-state index in [4.69, 9.17) is 4.42 Å². The molecule has 2 fully saturated rings. The van der Waals surface area contributed by atoms with Gasteiger partial charge in [0, 0.05) is 38.0 Å². The molecule has 10 heteroatoms. The molecule has 8 nitrogen and oxygen atoms in total. The molecule has 160 valence electrons. The van der Waals surface area contributed by atoms with Crippen LogP contribution in [0.15, 0.2) is 52.0 Å². The third kappa shape index (κ3) is 3.86. The van der Waals surface area contributed by atoms with E-state index < -0.39 is 14.9 Å². The molecular weight excluding hydrogens is 426 g/mol. The van der Waals surface area contributed by atoms with Gasteiger partial charge < -0.3 is 14.6 Å². The third-order valence-electron chi connectivity index (χ3n) is 5.47. The second kappa shape index (κ2) is 8.09. The van der Waals surface area contributed by atoms with Crippen LogP contribution in [0.4, 0.5) is 5.69 Å². The van der Waals surface area contributed by atoms with E-state index in [1.807, 2.05) is 4.90 Å². The van der Waals surface area contributed by atoms with Gasteiger partial charge in [0.25, 0.3) is 5.91 Å². The Morgan fingerprint density at radius 2 is 1.80 bits per heavy atom. The molecule has 1 N–H and O–H groups in total. The number of anilines is 1. The maximum atomic E-state index is 13.1. The van der Waals surface area contributed by atoms with Gasteiger partial charge in [0.1, 0.15) is 0 Å². The number of carbonyl (C=O) groups is 2. The predicted molar refractivity (Wildman–Crippen MR) is 114 cm³/mol. The lowest BCUT2D eigenvalue weighted by atomic mass is 10.0. The molecule has 0 bridgehead atoms. The third-order valence-corrected chi connectivity index (χ3v) is 8.94. The summed E-state index contributed by atoms with van der Waals surface area (Å²) in [4.78, 5) is 25.6. The van der Waals surface area contributed by atoms with Crippen LogP contribution in [-0.2, 0) is 14.8 Å². The van der Waals surface area contributed by atoms with E-state index in [0.717, 1.165) is 5.75 Å². The summed E-state index contributed by atoms with van der Waals surface area (Å²) >= 11 is 1.72. The zero-order valence-corrected chi connectivity index (χ0v) is 18.2. The first-order valence-electron chi connectivity index (χ1n) is 9.69. The monoisotopic (exact) mass is 449 g/mol. The van der Waals surface area contributed by atoms with E-state index in [1.165, 1.54) is 29.6 Å². The minimum Gasteiger partial charge on any atom is -0.459 e. The molecular formula is C20H23N3O5S2. The van der Waals surface area contributed by atoms with E-state index in [-0.39, 0.29) is 16.7 Å². The molecule has 2 aliphatic heterocycles. The first-order valence-corrected chi connectivity index (χ1v) is 12.1. The summed E-state index contributed by atoms with van der Waals surface area (Å²) in [7, 11) is -3.65. The van der Waals surface area contributed by atoms with Crippen molar-refractivity contribution in [3.05, 3.63) is 48.4 Å². The van der Waals surface area contributed by atoms with Crippen LogP contribution in [-0.4, -0.2) is 59.7 Å². The molecule has 0 aliphatic carbocycles. The molecule has 3 heterocycles. The van der Waals surface area contributed by atoms with E-state index in [9.17, 15) is 18.0 Å². The Morgan fingerprint density at radius 1 is 1.10 bits per heavy atom. The fourth-order valence-corrected chi connectivity index (χ4v) is 6.88. The molecule has 2 aromatic rings. The number of thioether (sulfide) groups is 1. The van der Waals surface area contributed by atoms with Crippen molar-refractivity contribution in [3.8, 4) is 0 Å². The second-order valence-corrected chi connectivity index (χ2v) is 10.7. The summed E-state index contributed by atoms with van der Waals surface area (Å²) in [6.45, 7) is 2.70. The molecule has 2 saturated heterocycles. The molecule has 0 unspecified atom stereocenters. The van der Waals surface area contributed by atoms with Gasteiger partial charge in [-0.15, -0.1) is 11.8 Å². The van der Waals surface area contributed by atoms with Crippen LogP contribution >= 0.6 is 11.8 Å². The lowest BCUT2D eigenvalue weighted by Crippen LogP contribution is -2.53. The van der Waals surface area contributed by atoms with Crippen LogP contribution in [0.25, 0.3) is 0 Å². The van der Waals surface area contributed by atoms with Crippen molar-refractivity contribution in [2.75, 3.05) is 30.7 Å². The van der Waals surface area contributed by atoms with Gasteiger partial charge in [0.2, 0.25) is 15.9 Å². The summed E-state index contributed by atoms with van der Waals surface area (Å²) in [5, 5.41) is 2.63. The fraction of sp³-hybridized carbons (Fsp3) is 0.400. The van der Waals surface area contributed by atoms with E-state index in [1.54, 1.807) is 36.0 Å². The molecule has 2 amide bonds. The smallest absolute Gasteiger partial charge is 0.290 e. The lowest BCUT2D eigenvalue weighted by Gasteiger charge is -2.43. The molecule has 1 aromatic carbocycles. The van der Waals surface area contributed by atoms with Crippen molar-refractivity contribution in [2.45, 2.75) is 29.5 Å². The minimum atomic E-state index is -3.65. The average Bonchev–Trinajstić information content (AvgIpc) is 3.39. The van der Waals surface area contributed by atoms with Crippen LogP contribution in [0.3, 0.4) is 0 Å². The SMILES string of the molecule is CC(=O)Nc1ccc(S(=O)(=O)N2CCC3(CC2)SCCN3C(=O)c2ccco2)cc1. The summed E-state index contributed by atoms with van der Waals surface area (Å²) < 4.78 is 32.9. The molecule has 0 saturated carbocycles. The number of amides is 2. The van der Waals surface area contributed by atoms with Crippen molar-refractivity contribution in [3.63, 3.8) is 0 Å². The van der Waals surface area contributed by atoms with E-state index in [2.05, 4.69) is 5.32 Å². The predicted octanol–water partition coefficient (Wildman–Crippen LogP) is 2.61. The van der Waals surface area contributed by atoms with Gasteiger partial charge in [0.05, 0.1) is 16.0 Å². The normalized spacial score (nSPS) is 19.2. The van der Waals surface area contributed by atoms with Crippen molar-refractivity contribution >= 4 is 39.3 Å². The number of sulfonamides is 1. The topological polar surface area (TPSA) is 99.9 Å².